The molecule has 1 saturated heterocycles. The molecule has 1 fully saturated rings. The third-order valence-electron chi connectivity index (χ3n) is 3.93. The highest BCUT2D eigenvalue weighted by Crippen LogP contribution is 2.57. The van der Waals surface area contributed by atoms with E-state index in [2.05, 4.69) is 20.8 Å². The Hall–Kier alpha value is 0.190. The summed E-state index contributed by atoms with van der Waals surface area (Å²) in [4.78, 5) is 0. The normalized spacial score (nSPS) is 33.1. The largest absolute Gasteiger partial charge is 0.328 e. The van der Waals surface area contributed by atoms with Gasteiger partial charge in [0, 0.05) is 12.3 Å². The molecule has 0 bridgehead atoms. The molecule has 0 aromatic heterocycles. The van der Waals surface area contributed by atoms with E-state index in [9.17, 15) is 4.57 Å². The monoisotopic (exact) mass is 260 g/mol. The second-order valence-corrected chi connectivity index (χ2v) is 8.35. The molecular weight excluding hydrogens is 231 g/mol. The van der Waals surface area contributed by atoms with Gasteiger partial charge in [0.1, 0.15) is 0 Å². The fraction of sp³-hybridized carbons (Fsp3) is 1.00. The van der Waals surface area contributed by atoms with Crippen molar-refractivity contribution in [2.45, 2.75) is 59.3 Å². The first-order valence-electron chi connectivity index (χ1n) is 7.30. The van der Waals surface area contributed by atoms with Crippen molar-refractivity contribution >= 4 is 7.37 Å². The van der Waals surface area contributed by atoms with E-state index in [4.69, 9.17) is 4.52 Å². The van der Waals surface area contributed by atoms with Crippen molar-refractivity contribution in [1.82, 2.24) is 0 Å². The minimum Gasteiger partial charge on any atom is -0.328 e. The predicted octanol–water partition coefficient (Wildman–Crippen LogP) is 4.93. The Morgan fingerprint density at radius 3 is 2.12 bits per heavy atom. The van der Waals surface area contributed by atoms with Gasteiger partial charge in [0.2, 0.25) is 7.37 Å². The van der Waals surface area contributed by atoms with Crippen LogP contribution in [0.4, 0.5) is 0 Å². The lowest BCUT2D eigenvalue weighted by molar-refractivity contribution is 0.304. The summed E-state index contributed by atoms with van der Waals surface area (Å²) in [6, 6.07) is 0. The first kappa shape index (κ1) is 15.2. The van der Waals surface area contributed by atoms with Gasteiger partial charge in [-0.1, -0.05) is 52.9 Å². The Morgan fingerprint density at radius 1 is 1.00 bits per heavy atom. The van der Waals surface area contributed by atoms with Crippen LogP contribution in [0.2, 0.25) is 0 Å². The zero-order chi connectivity index (χ0) is 12.7. The van der Waals surface area contributed by atoms with E-state index in [1.807, 2.05) is 0 Å². The van der Waals surface area contributed by atoms with Gasteiger partial charge in [0.05, 0.1) is 6.61 Å². The van der Waals surface area contributed by atoms with Gasteiger partial charge in [-0.05, 0) is 18.3 Å². The molecule has 0 spiro atoms. The Labute approximate surface area is 107 Å². The lowest BCUT2D eigenvalue weighted by Crippen LogP contribution is -2.01. The summed E-state index contributed by atoms with van der Waals surface area (Å²) in [5, 5.41) is 0. The summed E-state index contributed by atoms with van der Waals surface area (Å²) in [7, 11) is -2.24. The first-order chi connectivity index (χ1) is 8.07. The summed E-state index contributed by atoms with van der Waals surface area (Å²) < 4.78 is 18.0. The average molecular weight is 260 g/mol. The molecule has 3 heteroatoms. The van der Waals surface area contributed by atoms with Crippen LogP contribution in [0.25, 0.3) is 0 Å². The summed E-state index contributed by atoms with van der Waals surface area (Å²) in [6.45, 7) is 7.33. The van der Waals surface area contributed by atoms with Crippen molar-refractivity contribution in [3.8, 4) is 0 Å². The molecule has 0 aliphatic carbocycles. The Morgan fingerprint density at radius 2 is 1.53 bits per heavy atom. The van der Waals surface area contributed by atoms with Crippen molar-refractivity contribution in [2.75, 3.05) is 18.9 Å². The minimum absolute atomic E-state index is 0.574. The van der Waals surface area contributed by atoms with E-state index >= 15 is 0 Å². The molecule has 2 atom stereocenters. The lowest BCUT2D eigenvalue weighted by Gasteiger charge is -2.12. The standard InChI is InChI=1S/C14H29O2P/c1-4-5-6-7-8-9-10-16-17(15)11-13(2)14(3)12-17/h13-14H,4-12H2,1-3H3. The van der Waals surface area contributed by atoms with Crippen LogP contribution < -0.4 is 0 Å². The zero-order valence-corrected chi connectivity index (χ0v) is 12.7. The fourth-order valence-electron chi connectivity index (χ4n) is 2.53. The van der Waals surface area contributed by atoms with E-state index in [1.54, 1.807) is 0 Å². The summed E-state index contributed by atoms with van der Waals surface area (Å²) in [5.41, 5.74) is 0. The number of rotatable bonds is 8. The molecule has 102 valence electrons. The third kappa shape index (κ3) is 5.57. The van der Waals surface area contributed by atoms with Gasteiger partial charge >= 0.3 is 0 Å². The maximum absolute atomic E-state index is 12.3. The smallest absolute Gasteiger partial charge is 0.203 e. The third-order valence-corrected chi connectivity index (χ3v) is 6.85. The van der Waals surface area contributed by atoms with Crippen molar-refractivity contribution in [3.05, 3.63) is 0 Å². The molecule has 1 aliphatic rings. The van der Waals surface area contributed by atoms with E-state index < -0.39 is 7.37 Å². The second-order valence-electron chi connectivity index (χ2n) is 5.74. The van der Waals surface area contributed by atoms with Gasteiger partial charge in [0.15, 0.2) is 0 Å². The highest BCUT2D eigenvalue weighted by molar-refractivity contribution is 7.59. The van der Waals surface area contributed by atoms with E-state index in [0.717, 1.165) is 18.7 Å². The molecule has 0 saturated carbocycles. The van der Waals surface area contributed by atoms with Crippen molar-refractivity contribution in [2.24, 2.45) is 11.8 Å². The number of hydrogen-bond acceptors (Lipinski definition) is 2. The molecule has 17 heavy (non-hydrogen) atoms. The van der Waals surface area contributed by atoms with Crippen molar-refractivity contribution in [3.63, 3.8) is 0 Å². The Balaban J connectivity index is 2.05. The topological polar surface area (TPSA) is 26.3 Å². The second kappa shape index (κ2) is 7.59. The molecular formula is C14H29O2P. The van der Waals surface area contributed by atoms with E-state index in [-0.39, 0.29) is 0 Å². The van der Waals surface area contributed by atoms with Gasteiger partial charge in [-0.2, -0.15) is 0 Å². The maximum atomic E-state index is 12.3. The zero-order valence-electron chi connectivity index (χ0n) is 11.8. The molecule has 0 aromatic carbocycles. The highest BCUT2D eigenvalue weighted by atomic mass is 31.2. The average Bonchev–Trinajstić information content (AvgIpc) is 2.52. The van der Waals surface area contributed by atoms with Crippen LogP contribution in [0.3, 0.4) is 0 Å². The van der Waals surface area contributed by atoms with Gasteiger partial charge in [0.25, 0.3) is 0 Å². The lowest BCUT2D eigenvalue weighted by atomic mass is 10.0. The molecule has 0 amide bonds. The molecule has 1 rings (SSSR count). The fourth-order valence-corrected chi connectivity index (χ4v) is 5.83. The Bertz CT molecular complexity index is 239. The van der Waals surface area contributed by atoms with Gasteiger partial charge in [-0.25, -0.2) is 0 Å². The van der Waals surface area contributed by atoms with Crippen molar-refractivity contribution < 1.29 is 9.09 Å². The van der Waals surface area contributed by atoms with Gasteiger partial charge in [-0.15, -0.1) is 0 Å². The van der Waals surface area contributed by atoms with Gasteiger partial charge in [-0.3, -0.25) is 4.57 Å². The van der Waals surface area contributed by atoms with Crippen LogP contribution in [-0.2, 0) is 9.09 Å². The van der Waals surface area contributed by atoms with Crippen LogP contribution in [0, 0.1) is 11.8 Å². The van der Waals surface area contributed by atoms with Crippen molar-refractivity contribution in [1.29, 1.82) is 0 Å². The molecule has 1 heterocycles. The first-order valence-corrected chi connectivity index (χ1v) is 9.29. The predicted molar refractivity (Wildman–Crippen MR) is 75.0 cm³/mol. The summed E-state index contributed by atoms with van der Waals surface area (Å²) in [6.07, 6.45) is 9.20. The quantitative estimate of drug-likeness (QED) is 0.457. The van der Waals surface area contributed by atoms with Crippen LogP contribution in [0.15, 0.2) is 0 Å². The molecule has 1 aliphatic heterocycles. The molecule has 0 radical (unpaired) electrons. The molecule has 0 aromatic rings. The number of unbranched alkanes of at least 4 members (excludes halogenated alkanes) is 5. The minimum atomic E-state index is -2.24. The Kier molecular flexibility index (Phi) is 6.80. The van der Waals surface area contributed by atoms with Crippen LogP contribution in [0.5, 0.6) is 0 Å². The molecule has 2 nitrogen and oxygen atoms in total. The van der Waals surface area contributed by atoms with Crippen LogP contribution in [0.1, 0.15) is 59.3 Å². The molecule has 0 N–H and O–H groups in total. The number of hydrogen-bond donors (Lipinski definition) is 0. The van der Waals surface area contributed by atoms with Crippen LogP contribution in [-0.4, -0.2) is 18.9 Å². The summed E-state index contributed by atoms with van der Waals surface area (Å²) >= 11 is 0. The van der Waals surface area contributed by atoms with Gasteiger partial charge < -0.3 is 4.52 Å². The van der Waals surface area contributed by atoms with E-state index in [1.165, 1.54) is 32.1 Å². The van der Waals surface area contributed by atoms with Crippen LogP contribution >= 0.6 is 7.37 Å². The van der Waals surface area contributed by atoms with E-state index in [0.29, 0.717) is 18.4 Å². The SMILES string of the molecule is CCCCCCCCOP1(=O)CC(C)C(C)C1. The summed E-state index contributed by atoms with van der Waals surface area (Å²) in [5.74, 6) is 1.15. The molecule has 2 unspecified atom stereocenters. The highest BCUT2D eigenvalue weighted by Gasteiger charge is 2.37. The maximum Gasteiger partial charge on any atom is 0.203 e.